The van der Waals surface area contributed by atoms with Crippen LogP contribution in [0.3, 0.4) is 0 Å². The maximum Gasteiger partial charge on any atom is 0.133 e. The van der Waals surface area contributed by atoms with Gasteiger partial charge in [0, 0.05) is 17.2 Å². The normalized spacial score (nSPS) is 12.0. The van der Waals surface area contributed by atoms with Gasteiger partial charge in [0.25, 0.3) is 0 Å². The molecule has 0 saturated heterocycles. The van der Waals surface area contributed by atoms with E-state index in [4.69, 9.17) is 9.47 Å². The van der Waals surface area contributed by atoms with Gasteiger partial charge in [-0.2, -0.15) is 0 Å². The van der Waals surface area contributed by atoms with Crippen molar-refractivity contribution in [1.82, 2.24) is 0 Å². The summed E-state index contributed by atoms with van der Waals surface area (Å²) >= 11 is 0. The molecule has 20 heavy (non-hydrogen) atoms. The minimum absolute atomic E-state index is 0.0968. The van der Waals surface area contributed by atoms with Crippen molar-refractivity contribution in [2.24, 2.45) is 0 Å². The van der Waals surface area contributed by atoms with E-state index in [0.717, 1.165) is 0 Å². The molecule has 0 saturated carbocycles. The van der Waals surface area contributed by atoms with Gasteiger partial charge < -0.3 is 14.6 Å². The van der Waals surface area contributed by atoms with Crippen molar-refractivity contribution in [3.8, 4) is 11.5 Å². The van der Waals surface area contributed by atoms with Crippen LogP contribution in [0, 0.1) is 5.82 Å². The fraction of sp³-hybridized carbons (Fsp3) is 0.250. The van der Waals surface area contributed by atoms with Crippen LogP contribution in [0.5, 0.6) is 11.5 Å². The summed E-state index contributed by atoms with van der Waals surface area (Å²) < 4.78 is 24.3. The van der Waals surface area contributed by atoms with Crippen LogP contribution in [0.2, 0.25) is 0 Å². The lowest BCUT2D eigenvalue weighted by Crippen LogP contribution is -2.02. The van der Waals surface area contributed by atoms with Crippen LogP contribution >= 0.6 is 0 Å². The standard InChI is InChI=1S/C16H17FO3/c1-11(18)14-5-3-4-6-16(14)20-10-12-7-8-13(19-2)9-15(12)17/h3-9,11,18H,10H2,1-2H3. The van der Waals surface area contributed by atoms with E-state index in [0.29, 0.717) is 22.6 Å². The second-order valence-electron chi connectivity index (χ2n) is 4.46. The Morgan fingerprint density at radius 3 is 2.60 bits per heavy atom. The number of hydrogen-bond donors (Lipinski definition) is 1. The molecule has 1 atom stereocenters. The molecule has 0 aromatic heterocycles. The zero-order chi connectivity index (χ0) is 14.5. The molecule has 0 aliphatic carbocycles. The predicted molar refractivity (Wildman–Crippen MR) is 74.4 cm³/mol. The highest BCUT2D eigenvalue weighted by Crippen LogP contribution is 2.26. The summed E-state index contributed by atoms with van der Waals surface area (Å²) in [6.07, 6.45) is -0.632. The number of hydrogen-bond acceptors (Lipinski definition) is 3. The summed E-state index contributed by atoms with van der Waals surface area (Å²) in [5.74, 6) is 0.646. The second-order valence-corrected chi connectivity index (χ2v) is 4.46. The Balaban J connectivity index is 2.13. The van der Waals surface area contributed by atoms with Crippen LogP contribution in [-0.4, -0.2) is 12.2 Å². The Hall–Kier alpha value is -2.07. The summed E-state index contributed by atoms with van der Waals surface area (Å²) in [5, 5.41) is 9.65. The van der Waals surface area contributed by atoms with Gasteiger partial charge in [-0.25, -0.2) is 4.39 Å². The molecule has 0 spiro atoms. The molecule has 0 amide bonds. The van der Waals surface area contributed by atoms with E-state index in [1.165, 1.54) is 13.2 Å². The number of aliphatic hydroxyl groups is 1. The number of rotatable bonds is 5. The number of methoxy groups -OCH3 is 1. The van der Waals surface area contributed by atoms with Gasteiger partial charge in [0.05, 0.1) is 13.2 Å². The topological polar surface area (TPSA) is 38.7 Å². The quantitative estimate of drug-likeness (QED) is 0.908. The third-order valence-corrected chi connectivity index (χ3v) is 3.01. The Labute approximate surface area is 117 Å². The first-order valence-electron chi connectivity index (χ1n) is 6.34. The van der Waals surface area contributed by atoms with Gasteiger partial charge in [0.15, 0.2) is 0 Å². The van der Waals surface area contributed by atoms with Gasteiger partial charge in [-0.15, -0.1) is 0 Å². The first-order chi connectivity index (χ1) is 9.61. The molecular formula is C16H17FO3. The Morgan fingerprint density at radius 2 is 1.95 bits per heavy atom. The maximum absolute atomic E-state index is 13.8. The number of halogens is 1. The van der Waals surface area contributed by atoms with Crippen molar-refractivity contribution in [3.63, 3.8) is 0 Å². The molecule has 0 radical (unpaired) electrons. The van der Waals surface area contributed by atoms with E-state index in [2.05, 4.69) is 0 Å². The average molecular weight is 276 g/mol. The Bertz CT molecular complexity index is 582. The van der Waals surface area contributed by atoms with E-state index in [9.17, 15) is 9.50 Å². The second kappa shape index (κ2) is 6.39. The lowest BCUT2D eigenvalue weighted by atomic mass is 10.1. The Morgan fingerprint density at radius 1 is 1.20 bits per heavy atom. The van der Waals surface area contributed by atoms with Crippen LogP contribution in [0.1, 0.15) is 24.2 Å². The summed E-state index contributed by atoms with van der Waals surface area (Å²) in [4.78, 5) is 0. The van der Waals surface area contributed by atoms with Gasteiger partial charge in [-0.3, -0.25) is 0 Å². The van der Waals surface area contributed by atoms with E-state index in [-0.39, 0.29) is 12.4 Å². The van der Waals surface area contributed by atoms with Crippen molar-refractivity contribution in [2.45, 2.75) is 19.6 Å². The minimum atomic E-state index is -0.632. The molecule has 0 aliphatic rings. The first-order valence-corrected chi connectivity index (χ1v) is 6.34. The van der Waals surface area contributed by atoms with E-state index in [1.54, 1.807) is 31.2 Å². The van der Waals surface area contributed by atoms with Gasteiger partial charge in [0.2, 0.25) is 0 Å². The molecule has 0 fully saturated rings. The van der Waals surface area contributed by atoms with Gasteiger partial charge >= 0.3 is 0 Å². The largest absolute Gasteiger partial charge is 0.497 e. The molecular weight excluding hydrogens is 259 g/mol. The first kappa shape index (κ1) is 14.3. The maximum atomic E-state index is 13.8. The zero-order valence-electron chi connectivity index (χ0n) is 11.5. The number of para-hydroxylation sites is 1. The molecule has 2 rings (SSSR count). The summed E-state index contributed by atoms with van der Waals surface area (Å²) in [5.41, 5.74) is 1.12. The van der Waals surface area contributed by atoms with Gasteiger partial charge in [0.1, 0.15) is 23.9 Å². The van der Waals surface area contributed by atoms with Crippen molar-refractivity contribution >= 4 is 0 Å². The lowest BCUT2D eigenvalue weighted by molar-refractivity contribution is 0.190. The monoisotopic (exact) mass is 276 g/mol. The molecule has 3 nitrogen and oxygen atoms in total. The zero-order valence-corrected chi connectivity index (χ0v) is 11.5. The van der Waals surface area contributed by atoms with E-state index >= 15 is 0 Å². The van der Waals surface area contributed by atoms with Crippen LogP contribution in [0.15, 0.2) is 42.5 Å². The van der Waals surface area contributed by atoms with Crippen molar-refractivity contribution in [3.05, 3.63) is 59.4 Å². The molecule has 0 bridgehead atoms. The Kier molecular flexibility index (Phi) is 4.58. The number of ether oxygens (including phenoxy) is 2. The van der Waals surface area contributed by atoms with Gasteiger partial charge in [-0.05, 0) is 25.1 Å². The average Bonchev–Trinajstić information content (AvgIpc) is 2.46. The van der Waals surface area contributed by atoms with E-state index in [1.807, 2.05) is 12.1 Å². The van der Waals surface area contributed by atoms with Crippen LogP contribution in [-0.2, 0) is 6.61 Å². The van der Waals surface area contributed by atoms with Crippen molar-refractivity contribution in [2.75, 3.05) is 7.11 Å². The highest BCUT2D eigenvalue weighted by molar-refractivity contribution is 5.35. The number of aliphatic hydroxyl groups excluding tert-OH is 1. The van der Waals surface area contributed by atoms with Crippen molar-refractivity contribution in [1.29, 1.82) is 0 Å². The molecule has 106 valence electrons. The smallest absolute Gasteiger partial charge is 0.133 e. The fourth-order valence-electron chi connectivity index (χ4n) is 1.88. The molecule has 1 N–H and O–H groups in total. The van der Waals surface area contributed by atoms with Gasteiger partial charge in [-0.1, -0.05) is 18.2 Å². The third kappa shape index (κ3) is 3.27. The summed E-state index contributed by atoms with van der Waals surface area (Å²) in [6.45, 7) is 1.76. The van der Waals surface area contributed by atoms with Crippen LogP contribution in [0.25, 0.3) is 0 Å². The molecule has 2 aromatic carbocycles. The SMILES string of the molecule is COc1ccc(COc2ccccc2C(C)O)c(F)c1. The summed E-state index contributed by atoms with van der Waals surface area (Å²) in [7, 11) is 1.49. The third-order valence-electron chi connectivity index (χ3n) is 3.01. The molecule has 1 unspecified atom stereocenters. The van der Waals surface area contributed by atoms with Crippen molar-refractivity contribution < 1.29 is 19.0 Å². The number of benzene rings is 2. The highest BCUT2D eigenvalue weighted by atomic mass is 19.1. The predicted octanol–water partition coefficient (Wildman–Crippen LogP) is 3.47. The van der Waals surface area contributed by atoms with Crippen LogP contribution in [0.4, 0.5) is 4.39 Å². The fourth-order valence-corrected chi connectivity index (χ4v) is 1.88. The molecule has 4 heteroatoms. The van der Waals surface area contributed by atoms with E-state index < -0.39 is 6.10 Å². The molecule has 0 heterocycles. The summed E-state index contributed by atoms with van der Waals surface area (Å²) in [6, 6.07) is 11.8. The molecule has 2 aromatic rings. The minimum Gasteiger partial charge on any atom is -0.497 e. The highest BCUT2D eigenvalue weighted by Gasteiger charge is 2.10. The molecule has 0 aliphatic heterocycles. The van der Waals surface area contributed by atoms with Crippen LogP contribution < -0.4 is 9.47 Å². The lowest BCUT2D eigenvalue weighted by Gasteiger charge is -2.13.